The van der Waals surface area contributed by atoms with Crippen LogP contribution in [0.4, 0.5) is 10.6 Å². The summed E-state index contributed by atoms with van der Waals surface area (Å²) in [5.74, 6) is 0.554. The van der Waals surface area contributed by atoms with Crippen LogP contribution in [0, 0.1) is 0 Å². The number of nitrogens with zero attached hydrogens (tertiary/aromatic N) is 2. The zero-order chi connectivity index (χ0) is 10.6. The Labute approximate surface area is 91.0 Å². The third kappa shape index (κ3) is 2.70. The van der Waals surface area contributed by atoms with E-state index in [4.69, 9.17) is 4.74 Å². The Balaban J connectivity index is 2.78. The van der Waals surface area contributed by atoms with Crippen molar-refractivity contribution < 1.29 is 9.53 Å². The Morgan fingerprint density at radius 1 is 1.71 bits per heavy atom. The van der Waals surface area contributed by atoms with Gasteiger partial charge in [0, 0.05) is 17.7 Å². The molecule has 0 aliphatic carbocycles. The second-order valence-corrected chi connectivity index (χ2v) is 3.51. The number of aromatic nitrogens is 1. The molecule has 0 radical (unpaired) electrons. The number of rotatable bonds is 2. The average molecular weight is 259 g/mol. The first-order valence-corrected chi connectivity index (χ1v) is 4.96. The van der Waals surface area contributed by atoms with Crippen molar-refractivity contribution in [1.29, 1.82) is 0 Å². The molecule has 5 heteroatoms. The molecule has 4 nitrogen and oxygen atoms in total. The lowest BCUT2D eigenvalue weighted by atomic mass is 10.4. The molecule has 0 saturated carbocycles. The van der Waals surface area contributed by atoms with Crippen LogP contribution in [0.15, 0.2) is 22.8 Å². The fraction of sp³-hybridized carbons (Fsp3) is 0.333. The Hall–Kier alpha value is -1.10. The van der Waals surface area contributed by atoms with Gasteiger partial charge in [0.05, 0.1) is 6.61 Å². The quantitative estimate of drug-likeness (QED) is 0.819. The van der Waals surface area contributed by atoms with Crippen LogP contribution in [0.3, 0.4) is 0 Å². The molecule has 0 atom stereocenters. The summed E-state index contributed by atoms with van der Waals surface area (Å²) in [5, 5.41) is 0. The summed E-state index contributed by atoms with van der Waals surface area (Å²) in [4.78, 5) is 16.7. The molecule has 1 heterocycles. The Kier molecular flexibility index (Phi) is 3.88. The highest BCUT2D eigenvalue weighted by molar-refractivity contribution is 9.10. The van der Waals surface area contributed by atoms with Crippen molar-refractivity contribution in [3.05, 3.63) is 22.8 Å². The fourth-order valence-electron chi connectivity index (χ4n) is 0.891. The fourth-order valence-corrected chi connectivity index (χ4v) is 1.21. The predicted molar refractivity (Wildman–Crippen MR) is 57.4 cm³/mol. The van der Waals surface area contributed by atoms with Gasteiger partial charge in [0.1, 0.15) is 5.82 Å². The molecule has 0 aliphatic rings. The third-order valence-corrected chi connectivity index (χ3v) is 2.09. The summed E-state index contributed by atoms with van der Waals surface area (Å²) in [6.45, 7) is 2.12. The van der Waals surface area contributed by atoms with Gasteiger partial charge in [-0.1, -0.05) is 15.9 Å². The number of ether oxygens (including phenoxy) is 1. The minimum Gasteiger partial charge on any atom is -0.449 e. The maximum absolute atomic E-state index is 11.3. The first-order chi connectivity index (χ1) is 6.65. The van der Waals surface area contributed by atoms with E-state index in [1.54, 1.807) is 32.3 Å². The lowest BCUT2D eigenvalue weighted by molar-refractivity contribution is 0.161. The van der Waals surface area contributed by atoms with Crippen LogP contribution in [0.5, 0.6) is 0 Å². The van der Waals surface area contributed by atoms with Crippen LogP contribution in [0.2, 0.25) is 0 Å². The molecule has 1 rings (SSSR count). The number of hydrogen-bond acceptors (Lipinski definition) is 3. The molecule has 1 amide bonds. The normalized spacial score (nSPS) is 9.64. The lowest BCUT2D eigenvalue weighted by Gasteiger charge is -2.15. The first kappa shape index (κ1) is 11.0. The molecule has 0 fully saturated rings. The van der Waals surface area contributed by atoms with Gasteiger partial charge in [-0.15, -0.1) is 0 Å². The minimum absolute atomic E-state index is 0.358. The average Bonchev–Trinajstić information content (AvgIpc) is 2.17. The molecule has 0 unspecified atom stereocenters. The molecule has 0 bridgehead atoms. The van der Waals surface area contributed by atoms with Crippen LogP contribution >= 0.6 is 15.9 Å². The third-order valence-electron chi connectivity index (χ3n) is 1.59. The standard InChI is InChI=1S/C9H11BrN2O2/c1-3-14-9(13)12(2)8-6-7(10)4-5-11-8/h4-6H,3H2,1-2H3. The second kappa shape index (κ2) is 4.95. The molecule has 0 N–H and O–H groups in total. The molecule has 0 aliphatic heterocycles. The maximum atomic E-state index is 11.3. The minimum atomic E-state index is -0.405. The maximum Gasteiger partial charge on any atom is 0.415 e. The second-order valence-electron chi connectivity index (χ2n) is 2.59. The van der Waals surface area contributed by atoms with Gasteiger partial charge in [-0.3, -0.25) is 4.90 Å². The van der Waals surface area contributed by atoms with Gasteiger partial charge in [-0.25, -0.2) is 9.78 Å². The van der Waals surface area contributed by atoms with E-state index in [1.165, 1.54) is 4.90 Å². The number of halogens is 1. The van der Waals surface area contributed by atoms with Crippen molar-refractivity contribution in [3.8, 4) is 0 Å². The molecule has 1 aromatic heterocycles. The van der Waals surface area contributed by atoms with Crippen molar-refractivity contribution in [1.82, 2.24) is 4.98 Å². The monoisotopic (exact) mass is 258 g/mol. The zero-order valence-electron chi connectivity index (χ0n) is 8.03. The molecule has 0 aromatic carbocycles. The predicted octanol–water partition coefficient (Wildman–Crippen LogP) is 2.44. The molecule has 0 saturated heterocycles. The van der Waals surface area contributed by atoms with E-state index in [9.17, 15) is 4.79 Å². The Morgan fingerprint density at radius 3 is 3.00 bits per heavy atom. The van der Waals surface area contributed by atoms with Crippen LogP contribution in [0.1, 0.15) is 6.92 Å². The zero-order valence-corrected chi connectivity index (χ0v) is 9.61. The smallest absolute Gasteiger partial charge is 0.415 e. The van der Waals surface area contributed by atoms with Crippen molar-refractivity contribution >= 4 is 27.8 Å². The number of carbonyl (C=O) groups is 1. The van der Waals surface area contributed by atoms with E-state index < -0.39 is 6.09 Å². The van der Waals surface area contributed by atoms with Gasteiger partial charge in [0.25, 0.3) is 0 Å². The van der Waals surface area contributed by atoms with E-state index in [-0.39, 0.29) is 0 Å². The van der Waals surface area contributed by atoms with Gasteiger partial charge >= 0.3 is 6.09 Å². The molecule has 0 spiro atoms. The highest BCUT2D eigenvalue weighted by Gasteiger charge is 2.12. The van der Waals surface area contributed by atoms with Gasteiger partial charge in [0.2, 0.25) is 0 Å². The summed E-state index contributed by atoms with van der Waals surface area (Å²) in [6, 6.07) is 3.54. The first-order valence-electron chi connectivity index (χ1n) is 4.17. The van der Waals surface area contributed by atoms with Crippen LogP contribution in [-0.4, -0.2) is 24.7 Å². The molecular weight excluding hydrogens is 248 g/mol. The van der Waals surface area contributed by atoms with Crippen molar-refractivity contribution in [3.63, 3.8) is 0 Å². The van der Waals surface area contributed by atoms with E-state index in [1.807, 2.05) is 0 Å². The van der Waals surface area contributed by atoms with Crippen LogP contribution in [-0.2, 0) is 4.74 Å². The summed E-state index contributed by atoms with van der Waals surface area (Å²) >= 11 is 3.30. The number of amides is 1. The van der Waals surface area contributed by atoms with Crippen molar-refractivity contribution in [2.45, 2.75) is 6.92 Å². The number of hydrogen-bond donors (Lipinski definition) is 0. The largest absolute Gasteiger partial charge is 0.449 e. The van der Waals surface area contributed by atoms with Gasteiger partial charge in [-0.2, -0.15) is 0 Å². The topological polar surface area (TPSA) is 42.4 Å². The molecular formula is C9H11BrN2O2. The van der Waals surface area contributed by atoms with Crippen LogP contribution < -0.4 is 4.90 Å². The molecule has 76 valence electrons. The summed E-state index contributed by atoms with van der Waals surface area (Å²) in [5.41, 5.74) is 0. The van der Waals surface area contributed by atoms with E-state index >= 15 is 0 Å². The van der Waals surface area contributed by atoms with Gasteiger partial charge in [-0.05, 0) is 19.1 Å². The van der Waals surface area contributed by atoms with Gasteiger partial charge < -0.3 is 4.74 Å². The van der Waals surface area contributed by atoms with E-state index in [0.717, 1.165) is 4.47 Å². The lowest BCUT2D eigenvalue weighted by Crippen LogP contribution is -2.27. The number of anilines is 1. The van der Waals surface area contributed by atoms with E-state index in [0.29, 0.717) is 12.4 Å². The Morgan fingerprint density at radius 2 is 2.43 bits per heavy atom. The highest BCUT2D eigenvalue weighted by atomic mass is 79.9. The van der Waals surface area contributed by atoms with Gasteiger partial charge in [0.15, 0.2) is 0 Å². The highest BCUT2D eigenvalue weighted by Crippen LogP contribution is 2.16. The Bertz CT molecular complexity index is 330. The van der Waals surface area contributed by atoms with Crippen molar-refractivity contribution in [2.75, 3.05) is 18.6 Å². The SMILES string of the molecule is CCOC(=O)N(C)c1cc(Br)ccn1. The number of carbonyl (C=O) groups excluding carboxylic acids is 1. The molecule has 1 aromatic rings. The van der Waals surface area contributed by atoms with Crippen molar-refractivity contribution in [2.24, 2.45) is 0 Å². The summed E-state index contributed by atoms with van der Waals surface area (Å²) < 4.78 is 5.70. The number of pyridine rings is 1. The molecule has 14 heavy (non-hydrogen) atoms. The van der Waals surface area contributed by atoms with E-state index in [2.05, 4.69) is 20.9 Å². The van der Waals surface area contributed by atoms with Crippen LogP contribution in [0.25, 0.3) is 0 Å². The summed E-state index contributed by atoms with van der Waals surface area (Å²) in [6.07, 6.45) is 1.22. The summed E-state index contributed by atoms with van der Waals surface area (Å²) in [7, 11) is 1.62.